The number of unbranched alkanes of at least 4 members (excludes halogenated alkanes) is 5. The SMILES string of the molecule is CCCCCCCCn1c2ccsc2c2sc(-c3cccs3)cc21. The van der Waals surface area contributed by atoms with Gasteiger partial charge < -0.3 is 4.57 Å². The van der Waals surface area contributed by atoms with Gasteiger partial charge in [-0.25, -0.2) is 0 Å². The summed E-state index contributed by atoms with van der Waals surface area (Å²) in [5, 5.41) is 4.41. The fourth-order valence-electron chi connectivity index (χ4n) is 3.39. The summed E-state index contributed by atoms with van der Waals surface area (Å²) < 4.78 is 5.52. The van der Waals surface area contributed by atoms with Crippen LogP contribution in [0.2, 0.25) is 0 Å². The Kier molecular flexibility index (Phi) is 5.06. The van der Waals surface area contributed by atoms with Gasteiger partial charge in [0.05, 0.1) is 20.4 Å². The Labute approximate surface area is 155 Å². The number of aryl methyl sites for hydroxylation is 1. The summed E-state index contributed by atoms with van der Waals surface area (Å²) >= 11 is 5.69. The van der Waals surface area contributed by atoms with Crippen molar-refractivity contribution in [1.29, 1.82) is 0 Å². The molecule has 4 heteroatoms. The van der Waals surface area contributed by atoms with Crippen LogP contribution in [0.1, 0.15) is 45.4 Å². The van der Waals surface area contributed by atoms with Crippen LogP contribution in [-0.2, 0) is 6.54 Å². The summed E-state index contributed by atoms with van der Waals surface area (Å²) in [6.07, 6.45) is 8.14. The van der Waals surface area contributed by atoms with Crippen molar-refractivity contribution in [3.8, 4) is 9.75 Å². The number of hydrogen-bond donors (Lipinski definition) is 0. The molecule has 1 nitrogen and oxygen atoms in total. The molecular weight excluding hydrogens is 350 g/mol. The van der Waals surface area contributed by atoms with Gasteiger partial charge in [0.2, 0.25) is 0 Å². The van der Waals surface area contributed by atoms with Gasteiger partial charge >= 0.3 is 0 Å². The molecule has 4 aromatic rings. The summed E-state index contributed by atoms with van der Waals surface area (Å²) in [5.41, 5.74) is 2.88. The topological polar surface area (TPSA) is 4.93 Å². The molecule has 4 rings (SSSR count). The first-order chi connectivity index (χ1) is 11.9. The second kappa shape index (κ2) is 7.42. The fourth-order valence-corrected chi connectivity index (χ4v) is 6.44. The van der Waals surface area contributed by atoms with Gasteiger partial charge in [0.1, 0.15) is 0 Å². The van der Waals surface area contributed by atoms with Crippen LogP contribution < -0.4 is 0 Å². The van der Waals surface area contributed by atoms with E-state index in [9.17, 15) is 0 Å². The summed E-state index contributed by atoms with van der Waals surface area (Å²) in [7, 11) is 0. The van der Waals surface area contributed by atoms with Crippen molar-refractivity contribution in [2.45, 2.75) is 52.0 Å². The molecule has 0 N–H and O–H groups in total. The molecule has 4 aromatic heterocycles. The molecule has 0 saturated carbocycles. The molecule has 0 radical (unpaired) electrons. The third-order valence-electron chi connectivity index (χ3n) is 4.64. The Morgan fingerprint density at radius 2 is 1.71 bits per heavy atom. The van der Waals surface area contributed by atoms with Gasteiger partial charge in [0, 0.05) is 16.3 Å². The van der Waals surface area contributed by atoms with Gasteiger partial charge in [-0.3, -0.25) is 0 Å². The highest BCUT2D eigenvalue weighted by Gasteiger charge is 2.16. The lowest BCUT2D eigenvalue weighted by Gasteiger charge is -2.06. The van der Waals surface area contributed by atoms with E-state index in [1.54, 1.807) is 0 Å². The first-order valence-corrected chi connectivity index (χ1v) is 11.5. The standard InChI is InChI=1S/C20H23NS3/c1-2-3-4-5-6-7-11-21-15-10-13-23-19(15)20-16(21)14-18(24-20)17-9-8-12-22-17/h8-10,12-14H,2-7,11H2,1H3. The second-order valence-corrected chi connectivity index (χ2v) is 9.27. The van der Waals surface area contributed by atoms with Crippen LogP contribution in [-0.4, -0.2) is 4.57 Å². The largest absolute Gasteiger partial charge is 0.339 e. The van der Waals surface area contributed by atoms with Crippen LogP contribution >= 0.6 is 34.0 Å². The van der Waals surface area contributed by atoms with E-state index in [4.69, 9.17) is 0 Å². The Morgan fingerprint density at radius 1 is 0.833 bits per heavy atom. The molecule has 24 heavy (non-hydrogen) atoms. The molecule has 0 bridgehead atoms. The van der Waals surface area contributed by atoms with Crippen molar-refractivity contribution in [1.82, 2.24) is 4.57 Å². The number of nitrogens with zero attached hydrogens (tertiary/aromatic N) is 1. The maximum Gasteiger partial charge on any atom is 0.0707 e. The van der Waals surface area contributed by atoms with E-state index in [-0.39, 0.29) is 0 Å². The highest BCUT2D eigenvalue weighted by Crippen LogP contribution is 2.43. The lowest BCUT2D eigenvalue weighted by molar-refractivity contribution is 0.571. The Bertz CT molecular complexity index is 908. The van der Waals surface area contributed by atoms with E-state index in [1.165, 1.54) is 68.7 Å². The predicted octanol–water partition coefficient (Wildman–Crippen LogP) is 8.01. The predicted molar refractivity (Wildman–Crippen MR) is 112 cm³/mol. The molecule has 0 spiro atoms. The van der Waals surface area contributed by atoms with Gasteiger partial charge in [-0.05, 0) is 35.4 Å². The van der Waals surface area contributed by atoms with Gasteiger partial charge in [0.15, 0.2) is 0 Å². The van der Waals surface area contributed by atoms with Crippen LogP contribution in [0.5, 0.6) is 0 Å². The quantitative estimate of drug-likeness (QED) is 0.276. The van der Waals surface area contributed by atoms with E-state index in [0.717, 1.165) is 6.54 Å². The van der Waals surface area contributed by atoms with E-state index < -0.39 is 0 Å². The molecule has 126 valence electrons. The van der Waals surface area contributed by atoms with Crippen LogP contribution in [0.25, 0.3) is 30.2 Å². The molecule has 0 atom stereocenters. The van der Waals surface area contributed by atoms with Crippen molar-refractivity contribution >= 4 is 54.4 Å². The first-order valence-electron chi connectivity index (χ1n) is 8.91. The number of fused-ring (bicyclic) bond motifs is 3. The Morgan fingerprint density at radius 3 is 2.54 bits per heavy atom. The van der Waals surface area contributed by atoms with E-state index in [0.29, 0.717) is 0 Å². The minimum absolute atomic E-state index is 1.16. The van der Waals surface area contributed by atoms with Crippen molar-refractivity contribution in [3.05, 3.63) is 35.0 Å². The van der Waals surface area contributed by atoms with Crippen molar-refractivity contribution in [3.63, 3.8) is 0 Å². The minimum Gasteiger partial charge on any atom is -0.339 e. The molecule has 0 fully saturated rings. The van der Waals surface area contributed by atoms with Gasteiger partial charge in [-0.15, -0.1) is 34.0 Å². The van der Waals surface area contributed by atoms with E-state index in [2.05, 4.69) is 46.5 Å². The maximum absolute atomic E-state index is 2.56. The first kappa shape index (κ1) is 16.4. The molecule has 0 aliphatic rings. The third kappa shape index (κ3) is 3.07. The number of aromatic nitrogens is 1. The molecular formula is C20H23NS3. The Hall–Kier alpha value is -1.10. The smallest absolute Gasteiger partial charge is 0.0707 e. The second-order valence-electron chi connectivity index (χ2n) is 6.36. The van der Waals surface area contributed by atoms with E-state index in [1.807, 2.05) is 34.0 Å². The normalized spacial score (nSPS) is 11.9. The van der Waals surface area contributed by atoms with Gasteiger partial charge in [-0.1, -0.05) is 45.1 Å². The fraction of sp³-hybridized carbons (Fsp3) is 0.400. The van der Waals surface area contributed by atoms with Crippen LogP contribution in [0.4, 0.5) is 0 Å². The summed E-state index contributed by atoms with van der Waals surface area (Å²) in [4.78, 5) is 2.81. The van der Waals surface area contributed by atoms with Crippen LogP contribution in [0, 0.1) is 0 Å². The van der Waals surface area contributed by atoms with Crippen molar-refractivity contribution in [2.24, 2.45) is 0 Å². The van der Waals surface area contributed by atoms with Crippen LogP contribution in [0.15, 0.2) is 35.0 Å². The minimum atomic E-state index is 1.16. The number of rotatable bonds is 8. The monoisotopic (exact) mass is 373 g/mol. The molecule has 0 aliphatic carbocycles. The lowest BCUT2D eigenvalue weighted by Crippen LogP contribution is -1.96. The van der Waals surface area contributed by atoms with Crippen molar-refractivity contribution in [2.75, 3.05) is 0 Å². The number of hydrogen-bond acceptors (Lipinski definition) is 3. The highest BCUT2D eigenvalue weighted by molar-refractivity contribution is 7.30. The highest BCUT2D eigenvalue weighted by atomic mass is 32.1. The van der Waals surface area contributed by atoms with Crippen molar-refractivity contribution < 1.29 is 0 Å². The molecule has 4 heterocycles. The zero-order chi connectivity index (χ0) is 16.4. The zero-order valence-corrected chi connectivity index (χ0v) is 16.5. The molecule has 0 saturated heterocycles. The molecule has 0 aromatic carbocycles. The van der Waals surface area contributed by atoms with Crippen LogP contribution in [0.3, 0.4) is 0 Å². The van der Waals surface area contributed by atoms with E-state index >= 15 is 0 Å². The van der Waals surface area contributed by atoms with Gasteiger partial charge in [0.25, 0.3) is 0 Å². The Balaban J connectivity index is 1.59. The molecule has 0 aliphatic heterocycles. The van der Waals surface area contributed by atoms with Gasteiger partial charge in [-0.2, -0.15) is 0 Å². The zero-order valence-electron chi connectivity index (χ0n) is 14.1. The number of thiophene rings is 3. The average molecular weight is 374 g/mol. The third-order valence-corrected chi connectivity index (χ3v) is 7.90. The summed E-state index contributed by atoms with van der Waals surface area (Å²) in [6, 6.07) is 9.10. The summed E-state index contributed by atoms with van der Waals surface area (Å²) in [5.74, 6) is 0. The molecule has 0 unspecified atom stereocenters. The lowest BCUT2D eigenvalue weighted by atomic mass is 10.1. The molecule has 0 amide bonds. The maximum atomic E-state index is 2.56. The summed E-state index contributed by atoms with van der Waals surface area (Å²) in [6.45, 7) is 3.44. The average Bonchev–Trinajstić information content (AvgIpc) is 3.32.